The SMILES string of the molecule is NC(=S)c1ccc(S(=O)(=O)Nc2c(F)cccc2Cl)s1. The van der Waals surface area contributed by atoms with Crippen LogP contribution >= 0.6 is 35.2 Å². The van der Waals surface area contributed by atoms with Crippen molar-refractivity contribution in [1.82, 2.24) is 0 Å². The van der Waals surface area contributed by atoms with Crippen LogP contribution in [0.5, 0.6) is 0 Å². The number of hydrogen-bond donors (Lipinski definition) is 2. The van der Waals surface area contributed by atoms with Gasteiger partial charge in [0.2, 0.25) is 0 Å². The van der Waals surface area contributed by atoms with Gasteiger partial charge in [0.1, 0.15) is 20.7 Å². The number of nitrogens with one attached hydrogen (secondary N) is 1. The third-order valence-electron chi connectivity index (χ3n) is 2.29. The zero-order chi connectivity index (χ0) is 14.9. The molecule has 3 N–H and O–H groups in total. The minimum Gasteiger partial charge on any atom is -0.389 e. The smallest absolute Gasteiger partial charge is 0.271 e. The molecule has 1 aromatic heterocycles. The molecule has 4 nitrogen and oxygen atoms in total. The Hall–Kier alpha value is -1.22. The van der Waals surface area contributed by atoms with E-state index in [9.17, 15) is 12.8 Å². The zero-order valence-corrected chi connectivity index (χ0v) is 13.0. The van der Waals surface area contributed by atoms with Crippen LogP contribution in [-0.4, -0.2) is 13.4 Å². The summed E-state index contributed by atoms with van der Waals surface area (Å²) in [4.78, 5) is 0.556. The molecule has 1 aromatic carbocycles. The quantitative estimate of drug-likeness (QED) is 0.831. The number of halogens is 2. The number of hydrogen-bond acceptors (Lipinski definition) is 4. The van der Waals surface area contributed by atoms with E-state index in [0.29, 0.717) is 4.88 Å². The van der Waals surface area contributed by atoms with Gasteiger partial charge < -0.3 is 5.73 Å². The first-order valence-corrected chi connectivity index (χ1v) is 8.26. The van der Waals surface area contributed by atoms with E-state index in [2.05, 4.69) is 4.72 Å². The van der Waals surface area contributed by atoms with Gasteiger partial charge in [-0.05, 0) is 24.3 Å². The summed E-state index contributed by atoms with van der Waals surface area (Å²) >= 11 is 11.4. The fraction of sp³-hybridized carbons (Fsp3) is 0. The van der Waals surface area contributed by atoms with E-state index in [1.54, 1.807) is 0 Å². The number of benzene rings is 1. The van der Waals surface area contributed by atoms with Crippen molar-refractivity contribution in [3.05, 3.63) is 46.0 Å². The molecule has 1 heterocycles. The van der Waals surface area contributed by atoms with Crippen LogP contribution in [0.4, 0.5) is 10.1 Å². The Balaban J connectivity index is 2.38. The van der Waals surface area contributed by atoms with Crippen LogP contribution in [0.25, 0.3) is 0 Å². The molecule has 106 valence electrons. The lowest BCUT2D eigenvalue weighted by Gasteiger charge is -2.08. The number of thiophene rings is 1. The van der Waals surface area contributed by atoms with Crippen LogP contribution in [0.1, 0.15) is 4.88 Å². The van der Waals surface area contributed by atoms with Crippen molar-refractivity contribution in [3.8, 4) is 0 Å². The first-order chi connectivity index (χ1) is 9.31. The molecule has 0 bridgehead atoms. The number of rotatable bonds is 4. The second-order valence-electron chi connectivity index (χ2n) is 3.69. The van der Waals surface area contributed by atoms with Crippen molar-refractivity contribution in [1.29, 1.82) is 0 Å². The standard InChI is InChI=1S/C11H8ClFN2O2S3/c12-6-2-1-3-7(13)10(6)15-20(16,17)9-5-4-8(19-9)11(14)18/h1-5,15H,(H2,14,18). The maximum atomic E-state index is 13.6. The summed E-state index contributed by atoms with van der Waals surface area (Å²) in [7, 11) is -3.94. The van der Waals surface area contributed by atoms with Crippen LogP contribution < -0.4 is 10.5 Å². The summed E-state index contributed by atoms with van der Waals surface area (Å²) in [5.41, 5.74) is 5.12. The van der Waals surface area contributed by atoms with Crippen molar-refractivity contribution < 1.29 is 12.8 Å². The van der Waals surface area contributed by atoms with Crippen LogP contribution in [0.15, 0.2) is 34.5 Å². The lowest BCUT2D eigenvalue weighted by atomic mass is 10.3. The molecule has 0 atom stereocenters. The van der Waals surface area contributed by atoms with Crippen molar-refractivity contribution >= 4 is 55.9 Å². The summed E-state index contributed by atoms with van der Waals surface area (Å²) in [6.07, 6.45) is 0. The van der Waals surface area contributed by atoms with Crippen LogP contribution in [-0.2, 0) is 10.0 Å². The Labute approximate surface area is 129 Å². The normalized spacial score (nSPS) is 11.3. The molecule has 0 fully saturated rings. The second kappa shape index (κ2) is 5.65. The predicted molar refractivity (Wildman–Crippen MR) is 82.4 cm³/mol. The number of anilines is 1. The molecule has 0 aliphatic carbocycles. The fourth-order valence-electron chi connectivity index (χ4n) is 1.38. The largest absolute Gasteiger partial charge is 0.389 e. The molecule has 20 heavy (non-hydrogen) atoms. The van der Waals surface area contributed by atoms with E-state index in [1.807, 2.05) is 0 Å². The molecule has 2 aromatic rings. The van der Waals surface area contributed by atoms with Crippen molar-refractivity contribution in [2.45, 2.75) is 4.21 Å². The zero-order valence-electron chi connectivity index (χ0n) is 9.76. The predicted octanol–water partition coefficient (Wildman–Crippen LogP) is 2.98. The molecular weight excluding hydrogens is 343 g/mol. The van der Waals surface area contributed by atoms with E-state index >= 15 is 0 Å². The molecule has 9 heteroatoms. The van der Waals surface area contributed by atoms with Gasteiger partial charge in [-0.3, -0.25) is 4.72 Å². The molecule has 0 saturated carbocycles. The summed E-state index contributed by atoms with van der Waals surface area (Å²) in [5.74, 6) is -0.757. The van der Waals surface area contributed by atoms with E-state index in [0.717, 1.165) is 17.4 Å². The van der Waals surface area contributed by atoms with Gasteiger partial charge in [-0.25, -0.2) is 12.8 Å². The van der Waals surface area contributed by atoms with Gasteiger partial charge in [0.15, 0.2) is 0 Å². The van der Waals surface area contributed by atoms with Gasteiger partial charge in [0, 0.05) is 0 Å². The minimum atomic E-state index is -3.94. The van der Waals surface area contributed by atoms with Crippen LogP contribution in [0, 0.1) is 5.82 Å². The Bertz CT molecular complexity index is 753. The summed E-state index contributed by atoms with van der Waals surface area (Å²) in [6, 6.07) is 6.71. The van der Waals surface area contributed by atoms with E-state index in [-0.39, 0.29) is 19.9 Å². The Morgan fingerprint density at radius 3 is 2.60 bits per heavy atom. The summed E-state index contributed by atoms with van der Waals surface area (Å²) in [6.45, 7) is 0. The molecule has 0 aliphatic heterocycles. The highest BCUT2D eigenvalue weighted by molar-refractivity contribution is 7.94. The van der Waals surface area contributed by atoms with Crippen molar-refractivity contribution in [2.75, 3.05) is 4.72 Å². The Morgan fingerprint density at radius 2 is 2.05 bits per heavy atom. The highest BCUT2D eigenvalue weighted by Gasteiger charge is 2.20. The van der Waals surface area contributed by atoms with Crippen LogP contribution in [0.2, 0.25) is 5.02 Å². The first-order valence-electron chi connectivity index (χ1n) is 5.18. The second-order valence-corrected chi connectivity index (χ2v) is 7.53. The van der Waals surface area contributed by atoms with E-state index in [1.165, 1.54) is 24.3 Å². The molecule has 0 aliphatic rings. The summed E-state index contributed by atoms with van der Waals surface area (Å²) in [5, 5.41) is -0.0281. The maximum absolute atomic E-state index is 13.6. The Morgan fingerprint density at radius 1 is 1.35 bits per heavy atom. The van der Waals surface area contributed by atoms with Crippen molar-refractivity contribution in [3.63, 3.8) is 0 Å². The van der Waals surface area contributed by atoms with Gasteiger partial charge in [-0.2, -0.15) is 0 Å². The van der Waals surface area contributed by atoms with E-state index in [4.69, 9.17) is 29.6 Å². The molecule has 0 spiro atoms. The molecule has 0 amide bonds. The van der Waals surface area contributed by atoms with E-state index < -0.39 is 15.8 Å². The molecule has 0 radical (unpaired) electrons. The molecular formula is C11H8ClFN2O2S3. The molecule has 0 unspecified atom stereocenters. The fourth-order valence-corrected chi connectivity index (χ4v) is 4.08. The van der Waals surface area contributed by atoms with Gasteiger partial charge in [0.25, 0.3) is 10.0 Å². The third-order valence-corrected chi connectivity index (χ3v) is 5.91. The number of para-hydroxylation sites is 1. The summed E-state index contributed by atoms with van der Waals surface area (Å²) < 4.78 is 39.9. The topological polar surface area (TPSA) is 72.2 Å². The van der Waals surface area contributed by atoms with Crippen molar-refractivity contribution in [2.24, 2.45) is 5.73 Å². The average molecular weight is 351 g/mol. The monoisotopic (exact) mass is 350 g/mol. The van der Waals surface area contributed by atoms with Gasteiger partial charge in [0.05, 0.1) is 9.90 Å². The Kier molecular flexibility index (Phi) is 4.28. The van der Waals surface area contributed by atoms with Gasteiger partial charge in [-0.1, -0.05) is 29.9 Å². The average Bonchev–Trinajstić information content (AvgIpc) is 2.84. The van der Waals surface area contributed by atoms with Gasteiger partial charge >= 0.3 is 0 Å². The number of sulfonamides is 1. The van der Waals surface area contributed by atoms with Crippen LogP contribution in [0.3, 0.4) is 0 Å². The lowest BCUT2D eigenvalue weighted by Crippen LogP contribution is -2.13. The van der Waals surface area contributed by atoms with Gasteiger partial charge in [-0.15, -0.1) is 11.3 Å². The minimum absolute atomic E-state index is 0.0281. The highest BCUT2D eigenvalue weighted by Crippen LogP contribution is 2.29. The molecule has 0 saturated heterocycles. The highest BCUT2D eigenvalue weighted by atomic mass is 35.5. The maximum Gasteiger partial charge on any atom is 0.271 e. The number of thiocarbonyl (C=S) groups is 1. The first kappa shape index (κ1) is 15.2. The lowest BCUT2D eigenvalue weighted by molar-refractivity contribution is 0.600. The number of nitrogens with two attached hydrogens (primary N) is 1. The third kappa shape index (κ3) is 3.09. The molecule has 2 rings (SSSR count).